The van der Waals surface area contributed by atoms with Crippen LogP contribution in [0.2, 0.25) is 0 Å². The summed E-state index contributed by atoms with van der Waals surface area (Å²) in [6.45, 7) is 3.55. The Hall–Kier alpha value is -3.60. The lowest BCUT2D eigenvalue weighted by atomic mass is 10.1. The quantitative estimate of drug-likeness (QED) is 0.304. The van der Waals surface area contributed by atoms with E-state index >= 15 is 0 Å². The van der Waals surface area contributed by atoms with Crippen LogP contribution in [0.3, 0.4) is 0 Å². The van der Waals surface area contributed by atoms with Crippen LogP contribution in [-0.4, -0.2) is 48.5 Å². The Morgan fingerprint density at radius 3 is 2.58 bits per heavy atom. The zero-order chi connectivity index (χ0) is 24.0. The minimum atomic E-state index is -0.838. The van der Waals surface area contributed by atoms with Crippen molar-refractivity contribution in [1.29, 1.82) is 0 Å². The number of furan rings is 1. The van der Waals surface area contributed by atoms with E-state index in [0.29, 0.717) is 28.2 Å². The van der Waals surface area contributed by atoms with Gasteiger partial charge in [-0.3, -0.25) is 19.8 Å². The molecule has 174 valence electrons. The second kappa shape index (κ2) is 10.8. The monoisotopic (exact) mass is 520 g/mol. The van der Waals surface area contributed by atoms with Gasteiger partial charge in [-0.15, -0.1) is 0 Å². The number of rotatable bonds is 9. The van der Waals surface area contributed by atoms with Gasteiger partial charge in [-0.05, 0) is 49.8 Å². The molecule has 0 spiro atoms. The Kier molecular flexibility index (Phi) is 7.88. The van der Waals surface area contributed by atoms with Gasteiger partial charge in [-0.1, -0.05) is 15.9 Å². The maximum Gasteiger partial charge on any atom is 0.344 e. The van der Waals surface area contributed by atoms with E-state index in [1.165, 1.54) is 12.3 Å². The van der Waals surface area contributed by atoms with E-state index in [1.807, 2.05) is 0 Å². The Morgan fingerprint density at radius 2 is 1.91 bits per heavy atom. The first-order chi connectivity index (χ1) is 15.8. The summed E-state index contributed by atoms with van der Waals surface area (Å²) >= 11 is 3.38. The van der Waals surface area contributed by atoms with Crippen LogP contribution in [0.4, 0.5) is 4.79 Å². The minimum Gasteiger partial charge on any atom is -0.490 e. The first-order valence-electron chi connectivity index (χ1n) is 10.00. The van der Waals surface area contributed by atoms with Gasteiger partial charge in [-0.25, -0.2) is 9.59 Å². The number of nitrogens with one attached hydrogen (secondary N) is 1. The summed E-state index contributed by atoms with van der Waals surface area (Å²) < 4.78 is 21.6. The molecular weight excluding hydrogens is 500 g/mol. The van der Waals surface area contributed by atoms with Gasteiger partial charge >= 0.3 is 12.0 Å². The number of benzene rings is 1. The third-order valence-corrected chi connectivity index (χ3v) is 5.08. The first-order valence-corrected chi connectivity index (χ1v) is 10.8. The molecule has 2 heterocycles. The smallest absolute Gasteiger partial charge is 0.344 e. The van der Waals surface area contributed by atoms with Crippen molar-refractivity contribution in [2.45, 2.75) is 20.4 Å². The predicted molar refractivity (Wildman–Crippen MR) is 118 cm³/mol. The molecule has 1 aliphatic heterocycles. The van der Waals surface area contributed by atoms with Crippen LogP contribution in [0.25, 0.3) is 6.08 Å². The highest BCUT2D eigenvalue weighted by Gasteiger charge is 2.36. The molecule has 1 saturated heterocycles. The molecule has 0 aliphatic carbocycles. The second-order valence-electron chi connectivity index (χ2n) is 6.64. The summed E-state index contributed by atoms with van der Waals surface area (Å²) in [6, 6.07) is 5.50. The first kappa shape index (κ1) is 24.1. The van der Waals surface area contributed by atoms with Crippen LogP contribution in [0, 0.1) is 0 Å². The zero-order valence-electron chi connectivity index (χ0n) is 17.9. The second-order valence-corrected chi connectivity index (χ2v) is 7.49. The number of urea groups is 1. The van der Waals surface area contributed by atoms with Crippen LogP contribution in [0.15, 0.2) is 45.0 Å². The van der Waals surface area contributed by atoms with Crippen molar-refractivity contribution in [1.82, 2.24) is 10.2 Å². The summed E-state index contributed by atoms with van der Waals surface area (Å²) in [5, 5.41) is 2.15. The van der Waals surface area contributed by atoms with Crippen LogP contribution >= 0.6 is 15.9 Å². The summed E-state index contributed by atoms with van der Waals surface area (Å²) in [5.74, 6) is -1.18. The lowest BCUT2D eigenvalue weighted by Gasteiger charge is -2.25. The fourth-order valence-electron chi connectivity index (χ4n) is 2.93. The summed E-state index contributed by atoms with van der Waals surface area (Å²) in [4.78, 5) is 50.0. The van der Waals surface area contributed by atoms with Crippen molar-refractivity contribution in [3.05, 3.63) is 51.9 Å². The maximum absolute atomic E-state index is 12.9. The SMILES string of the molecule is CCOC(=O)COc1cc(Br)c(/C=C2\C(=O)NC(=O)N(Cc3ccco3)C2=O)cc1OCC. The maximum atomic E-state index is 12.9. The molecule has 0 radical (unpaired) electrons. The highest BCUT2D eigenvalue weighted by atomic mass is 79.9. The predicted octanol–water partition coefficient (Wildman–Crippen LogP) is 3.04. The molecular formula is C22H21BrN2O8. The van der Waals surface area contributed by atoms with Gasteiger partial charge in [0, 0.05) is 4.47 Å². The van der Waals surface area contributed by atoms with Crippen molar-refractivity contribution < 1.29 is 37.8 Å². The Labute approximate surface area is 197 Å². The number of halogens is 1. The normalized spacial score (nSPS) is 14.9. The fraction of sp³-hybridized carbons (Fsp3) is 0.273. The molecule has 1 aromatic heterocycles. The van der Waals surface area contributed by atoms with Crippen LogP contribution < -0.4 is 14.8 Å². The molecule has 3 rings (SSSR count). The van der Waals surface area contributed by atoms with Gasteiger partial charge < -0.3 is 18.6 Å². The molecule has 0 unspecified atom stereocenters. The molecule has 10 nitrogen and oxygen atoms in total. The fourth-order valence-corrected chi connectivity index (χ4v) is 3.37. The van der Waals surface area contributed by atoms with Crippen molar-refractivity contribution in [3.8, 4) is 11.5 Å². The van der Waals surface area contributed by atoms with Gasteiger partial charge in [0.2, 0.25) is 0 Å². The van der Waals surface area contributed by atoms with E-state index in [1.54, 1.807) is 38.1 Å². The molecule has 1 fully saturated rings. The molecule has 33 heavy (non-hydrogen) atoms. The number of hydrogen-bond acceptors (Lipinski definition) is 8. The summed E-state index contributed by atoms with van der Waals surface area (Å²) in [5.41, 5.74) is 0.178. The van der Waals surface area contributed by atoms with Crippen molar-refractivity contribution >= 4 is 45.8 Å². The molecule has 0 atom stereocenters. The van der Waals surface area contributed by atoms with Crippen LogP contribution in [0.5, 0.6) is 11.5 Å². The number of hydrogen-bond donors (Lipinski definition) is 1. The molecule has 1 aliphatic rings. The van der Waals surface area contributed by atoms with Crippen molar-refractivity contribution in [2.75, 3.05) is 19.8 Å². The zero-order valence-corrected chi connectivity index (χ0v) is 19.5. The van der Waals surface area contributed by atoms with E-state index in [0.717, 1.165) is 4.90 Å². The lowest BCUT2D eigenvalue weighted by molar-refractivity contribution is -0.145. The van der Waals surface area contributed by atoms with E-state index in [9.17, 15) is 19.2 Å². The largest absolute Gasteiger partial charge is 0.490 e. The number of ether oxygens (including phenoxy) is 3. The number of carbonyl (C=O) groups is 4. The number of amides is 4. The van der Waals surface area contributed by atoms with Gasteiger partial charge in [-0.2, -0.15) is 0 Å². The lowest BCUT2D eigenvalue weighted by Crippen LogP contribution is -2.53. The van der Waals surface area contributed by atoms with Gasteiger partial charge in [0.1, 0.15) is 11.3 Å². The number of carbonyl (C=O) groups excluding carboxylic acids is 4. The minimum absolute atomic E-state index is 0.131. The Morgan fingerprint density at radius 1 is 1.15 bits per heavy atom. The number of barbiturate groups is 1. The summed E-state index contributed by atoms with van der Waals surface area (Å²) in [6.07, 6.45) is 2.75. The number of esters is 1. The molecule has 2 aromatic rings. The average molecular weight is 521 g/mol. The Balaban J connectivity index is 1.90. The van der Waals surface area contributed by atoms with E-state index in [-0.39, 0.29) is 31.1 Å². The van der Waals surface area contributed by atoms with E-state index in [2.05, 4.69) is 21.2 Å². The molecule has 1 N–H and O–H groups in total. The third kappa shape index (κ3) is 5.80. The van der Waals surface area contributed by atoms with Crippen LogP contribution in [0.1, 0.15) is 25.2 Å². The summed E-state index contributed by atoms with van der Waals surface area (Å²) in [7, 11) is 0. The van der Waals surface area contributed by atoms with Crippen molar-refractivity contribution in [3.63, 3.8) is 0 Å². The van der Waals surface area contributed by atoms with Crippen molar-refractivity contribution in [2.24, 2.45) is 0 Å². The molecule has 0 saturated carbocycles. The third-order valence-electron chi connectivity index (χ3n) is 4.39. The molecule has 0 bridgehead atoms. The molecule has 1 aromatic carbocycles. The number of nitrogens with zero attached hydrogens (tertiary/aromatic N) is 1. The standard InChI is InChI=1S/C22H21BrN2O8/c1-3-30-17-9-13(16(23)10-18(17)33-12-19(26)31-4-2)8-15-20(27)24-22(29)25(21(15)28)11-14-6-5-7-32-14/h5-10H,3-4,11-12H2,1-2H3,(H,24,27,29)/b15-8+. The topological polar surface area (TPSA) is 124 Å². The highest BCUT2D eigenvalue weighted by Crippen LogP contribution is 2.35. The molecule has 4 amide bonds. The average Bonchev–Trinajstić information content (AvgIpc) is 3.28. The molecule has 11 heteroatoms. The number of imide groups is 2. The van der Waals surface area contributed by atoms with Gasteiger partial charge in [0.25, 0.3) is 11.8 Å². The van der Waals surface area contributed by atoms with Gasteiger partial charge in [0.15, 0.2) is 18.1 Å². The Bertz CT molecular complexity index is 1090. The van der Waals surface area contributed by atoms with E-state index in [4.69, 9.17) is 18.6 Å². The van der Waals surface area contributed by atoms with E-state index < -0.39 is 23.8 Å². The van der Waals surface area contributed by atoms with Crippen LogP contribution in [-0.2, 0) is 25.7 Å². The highest BCUT2D eigenvalue weighted by molar-refractivity contribution is 9.10. The van der Waals surface area contributed by atoms with Gasteiger partial charge in [0.05, 0.1) is 26.0 Å².